The number of rotatable bonds is 6. The van der Waals surface area contributed by atoms with Crippen LogP contribution in [0.1, 0.15) is 181 Å². The first-order valence-corrected chi connectivity index (χ1v) is 24.1. The largest absolute Gasteiger partial charge is 2.00 e. The van der Waals surface area contributed by atoms with Gasteiger partial charge in [0.05, 0.1) is 0 Å². The first kappa shape index (κ1) is 55.2. The van der Waals surface area contributed by atoms with Crippen LogP contribution >= 0.6 is 0 Å². The molecule has 354 valence electrons. The van der Waals surface area contributed by atoms with Crippen molar-refractivity contribution in [3.63, 3.8) is 0 Å². The number of hydrogen-bond acceptors (Lipinski definition) is 2. The van der Waals surface area contributed by atoms with E-state index in [0.29, 0.717) is 11.5 Å². The maximum absolute atomic E-state index is 11.4. The number of benzene rings is 6. The minimum atomic E-state index is -0.135. The average molecular weight is 931 g/mol. The summed E-state index contributed by atoms with van der Waals surface area (Å²) in [5, 5.41) is 22.9. The summed E-state index contributed by atoms with van der Waals surface area (Å²) in [6.45, 7) is 35.7. The molecule has 2 N–H and O–H groups in total. The molecule has 0 saturated heterocycles. The molecule has 0 aromatic heterocycles. The standard InChI is InChI=1S/2C31H38O.2CH3.Ti/c2*1-9-31(10-2)25-14-12-11-13-22(25)23-16-15-20(17-26(23)31)24-18-21(29(3,4)5)19-27(28(24)32)30(6,7)8;;;/h2*11-19,32H,9-10H2,1-8H3;2*1H3;/q;;2*-1;+2. The molecule has 0 heterocycles. The molecule has 2 aliphatic carbocycles. The summed E-state index contributed by atoms with van der Waals surface area (Å²) >= 11 is 0. The van der Waals surface area contributed by atoms with Crippen molar-refractivity contribution >= 4 is 0 Å². The van der Waals surface area contributed by atoms with Crippen molar-refractivity contribution in [2.75, 3.05) is 0 Å². The second kappa shape index (κ2) is 19.6. The SMILES string of the molecule is CCC1(CC)c2ccccc2-c2ccc(-c3cc(C(C)(C)C)cc(C(C)(C)C)c3O)cc21.CCC1(CC)c2ccccc2-c2ccc(-c3cc(C(C)(C)C)cc(C(C)(C)C)c3O)cc21.[CH3-].[CH3-].[Ti+2]. The molecule has 2 aliphatic rings. The van der Waals surface area contributed by atoms with E-state index in [9.17, 15) is 10.2 Å². The van der Waals surface area contributed by atoms with E-state index in [-0.39, 0.29) is 69.1 Å². The van der Waals surface area contributed by atoms with Crippen molar-refractivity contribution in [2.24, 2.45) is 0 Å². The Morgan fingerprint density at radius 3 is 0.940 bits per heavy atom. The van der Waals surface area contributed by atoms with Gasteiger partial charge in [-0.1, -0.05) is 196 Å². The molecule has 0 spiro atoms. The zero-order valence-corrected chi connectivity index (χ0v) is 46.2. The molecule has 0 bridgehead atoms. The quantitative estimate of drug-likeness (QED) is 0.129. The third kappa shape index (κ3) is 9.53. The van der Waals surface area contributed by atoms with Gasteiger partial charge in [-0.05, 0) is 138 Å². The summed E-state index contributed by atoms with van der Waals surface area (Å²) in [5.41, 5.74) is 19.6. The Morgan fingerprint density at radius 2 is 0.657 bits per heavy atom. The molecule has 0 fully saturated rings. The molecule has 2 nitrogen and oxygen atoms in total. The zero-order chi connectivity index (χ0) is 46.9. The summed E-state index contributed by atoms with van der Waals surface area (Å²) in [7, 11) is 0. The van der Waals surface area contributed by atoms with Gasteiger partial charge in [0.2, 0.25) is 0 Å². The van der Waals surface area contributed by atoms with Crippen molar-refractivity contribution < 1.29 is 31.9 Å². The van der Waals surface area contributed by atoms with Crippen LogP contribution in [0.3, 0.4) is 0 Å². The Balaban J connectivity index is 0.000000280. The van der Waals surface area contributed by atoms with Crippen molar-refractivity contribution in [3.8, 4) is 56.0 Å². The second-order valence-electron chi connectivity index (χ2n) is 23.0. The number of hydrogen-bond donors (Lipinski definition) is 2. The third-order valence-electron chi connectivity index (χ3n) is 15.1. The molecule has 0 amide bonds. The van der Waals surface area contributed by atoms with Crippen molar-refractivity contribution in [2.45, 2.75) is 169 Å². The molecule has 0 unspecified atom stereocenters. The molecule has 6 aromatic carbocycles. The molecule has 0 radical (unpaired) electrons. The fourth-order valence-electron chi connectivity index (χ4n) is 11.0. The Hall–Kier alpha value is -4.37. The Kier molecular flexibility index (Phi) is 16.1. The summed E-state index contributed by atoms with van der Waals surface area (Å²) in [4.78, 5) is 0. The van der Waals surface area contributed by atoms with Gasteiger partial charge in [-0.3, -0.25) is 0 Å². The van der Waals surface area contributed by atoms with Crippen LogP contribution in [0, 0.1) is 14.9 Å². The summed E-state index contributed by atoms with van der Waals surface area (Å²) in [6, 6.07) is 40.2. The van der Waals surface area contributed by atoms with Gasteiger partial charge >= 0.3 is 21.7 Å². The van der Waals surface area contributed by atoms with Crippen LogP contribution in [0.5, 0.6) is 11.5 Å². The van der Waals surface area contributed by atoms with Crippen LogP contribution < -0.4 is 0 Å². The molecule has 67 heavy (non-hydrogen) atoms. The molecule has 3 heteroatoms. The van der Waals surface area contributed by atoms with Gasteiger partial charge in [-0.15, -0.1) is 0 Å². The van der Waals surface area contributed by atoms with Gasteiger partial charge in [-0.25, -0.2) is 0 Å². The van der Waals surface area contributed by atoms with E-state index in [1.807, 2.05) is 0 Å². The minimum Gasteiger partial charge on any atom is -0.507 e. The summed E-state index contributed by atoms with van der Waals surface area (Å²) in [5.74, 6) is 0.833. The van der Waals surface area contributed by atoms with Crippen LogP contribution in [0.4, 0.5) is 0 Å². The fraction of sp³-hybridized carbons (Fsp3) is 0.406. The van der Waals surface area contributed by atoms with Crippen LogP contribution in [0.2, 0.25) is 0 Å². The van der Waals surface area contributed by atoms with Crippen molar-refractivity contribution in [1.29, 1.82) is 0 Å². The van der Waals surface area contributed by atoms with E-state index >= 15 is 0 Å². The number of aromatic hydroxyl groups is 2. The molecular weight excluding hydrogens is 849 g/mol. The van der Waals surface area contributed by atoms with E-state index in [2.05, 4.69) is 220 Å². The smallest absolute Gasteiger partial charge is 0.507 e. The Morgan fingerprint density at radius 1 is 0.358 bits per heavy atom. The predicted molar refractivity (Wildman–Crippen MR) is 288 cm³/mol. The van der Waals surface area contributed by atoms with Gasteiger partial charge in [0.15, 0.2) is 0 Å². The molecule has 8 rings (SSSR count). The number of phenols is 2. The maximum Gasteiger partial charge on any atom is 2.00 e. The second-order valence-corrected chi connectivity index (χ2v) is 23.0. The Bertz CT molecular complexity index is 2520. The van der Waals surface area contributed by atoms with Crippen LogP contribution in [-0.2, 0) is 54.2 Å². The minimum absolute atomic E-state index is 0. The Labute approximate surface area is 423 Å². The van der Waals surface area contributed by atoms with Gasteiger partial charge in [-0.2, -0.15) is 0 Å². The van der Waals surface area contributed by atoms with Gasteiger partial charge < -0.3 is 25.1 Å². The first-order valence-electron chi connectivity index (χ1n) is 24.1. The predicted octanol–water partition coefficient (Wildman–Crippen LogP) is 18.4. The van der Waals surface area contributed by atoms with Crippen molar-refractivity contribution in [3.05, 3.63) is 169 Å². The van der Waals surface area contributed by atoms with Gasteiger partial charge in [0, 0.05) is 33.1 Å². The molecule has 6 aromatic rings. The van der Waals surface area contributed by atoms with Crippen LogP contribution in [0.15, 0.2) is 109 Å². The number of fused-ring (bicyclic) bond motifs is 6. The van der Waals surface area contributed by atoms with Crippen LogP contribution in [-0.4, -0.2) is 10.2 Å². The van der Waals surface area contributed by atoms with E-state index in [1.165, 1.54) is 55.6 Å². The molecular formula is C64H82O2Ti. The zero-order valence-electron chi connectivity index (χ0n) is 44.6. The van der Waals surface area contributed by atoms with Gasteiger partial charge in [0.1, 0.15) is 11.5 Å². The monoisotopic (exact) mass is 931 g/mol. The van der Waals surface area contributed by atoms with Gasteiger partial charge in [0.25, 0.3) is 0 Å². The third-order valence-corrected chi connectivity index (χ3v) is 15.1. The fourth-order valence-corrected chi connectivity index (χ4v) is 11.0. The van der Waals surface area contributed by atoms with E-state index in [1.54, 1.807) is 0 Å². The number of phenolic OH excluding ortho intramolecular Hbond substituents is 2. The molecule has 0 atom stereocenters. The maximum atomic E-state index is 11.4. The van der Waals surface area contributed by atoms with Crippen molar-refractivity contribution in [1.82, 2.24) is 0 Å². The normalized spacial score (nSPS) is 14.2. The first-order chi connectivity index (χ1) is 29.9. The summed E-state index contributed by atoms with van der Waals surface area (Å²) in [6.07, 6.45) is 4.27. The average Bonchev–Trinajstić information content (AvgIpc) is 3.68. The van der Waals surface area contributed by atoms with E-state index in [4.69, 9.17) is 0 Å². The van der Waals surface area contributed by atoms with Crippen LogP contribution in [0.25, 0.3) is 44.5 Å². The van der Waals surface area contributed by atoms with E-state index in [0.717, 1.165) is 59.1 Å². The topological polar surface area (TPSA) is 40.5 Å². The molecule has 0 saturated carbocycles. The van der Waals surface area contributed by atoms with E-state index < -0.39 is 0 Å². The molecule has 0 aliphatic heterocycles. The summed E-state index contributed by atoms with van der Waals surface area (Å²) < 4.78 is 0.